The molecule has 1 aromatic rings. The summed E-state index contributed by atoms with van der Waals surface area (Å²) in [7, 11) is 0. The maximum atomic E-state index is 8.59. The zero-order valence-electron chi connectivity index (χ0n) is 8.03. The molecule has 13 heavy (non-hydrogen) atoms. The molecule has 0 fully saturated rings. The molecule has 0 aliphatic rings. The van der Waals surface area contributed by atoms with Crippen LogP contribution in [0.4, 0.5) is 0 Å². The largest absolute Gasteiger partial charge is 0.396 e. The van der Waals surface area contributed by atoms with E-state index in [4.69, 9.17) is 5.11 Å². The van der Waals surface area contributed by atoms with Crippen molar-refractivity contribution in [3.63, 3.8) is 0 Å². The molecule has 0 saturated carbocycles. The number of aliphatic hydroxyl groups is 1. The van der Waals surface area contributed by atoms with E-state index in [1.54, 1.807) is 0 Å². The minimum atomic E-state index is 0.226. The van der Waals surface area contributed by atoms with E-state index in [2.05, 4.69) is 37.3 Å². The summed E-state index contributed by atoms with van der Waals surface area (Å²) in [5.74, 6) is 0. The number of hydrogen-bond acceptors (Lipinski definition) is 1. The van der Waals surface area contributed by atoms with Crippen LogP contribution >= 0.6 is 0 Å². The van der Waals surface area contributed by atoms with Crippen molar-refractivity contribution in [2.75, 3.05) is 6.61 Å². The van der Waals surface area contributed by atoms with Gasteiger partial charge in [0.25, 0.3) is 0 Å². The van der Waals surface area contributed by atoms with E-state index in [-0.39, 0.29) is 6.61 Å². The Balaban J connectivity index is 2.66. The Labute approximate surface area is 79.7 Å². The van der Waals surface area contributed by atoms with Gasteiger partial charge >= 0.3 is 0 Å². The molecule has 1 rings (SSSR count). The topological polar surface area (TPSA) is 20.2 Å². The van der Waals surface area contributed by atoms with Gasteiger partial charge < -0.3 is 5.11 Å². The fourth-order valence-corrected chi connectivity index (χ4v) is 1.21. The number of aliphatic hydroxyl groups excluding tert-OH is 1. The fraction of sp³-hybridized carbons (Fsp3) is 0.333. The third-order valence-electron chi connectivity index (χ3n) is 1.97. The highest BCUT2D eigenvalue weighted by Crippen LogP contribution is 2.07. The molecule has 0 aliphatic carbocycles. The van der Waals surface area contributed by atoms with E-state index in [0.717, 1.165) is 12.8 Å². The predicted octanol–water partition coefficient (Wildman–Crippen LogP) is 2.64. The Morgan fingerprint density at radius 3 is 2.92 bits per heavy atom. The first-order chi connectivity index (χ1) is 6.36. The van der Waals surface area contributed by atoms with Crippen molar-refractivity contribution in [2.24, 2.45) is 0 Å². The molecule has 0 heterocycles. The van der Waals surface area contributed by atoms with Crippen molar-refractivity contribution in [2.45, 2.75) is 19.8 Å². The van der Waals surface area contributed by atoms with Gasteiger partial charge in [0, 0.05) is 6.61 Å². The Morgan fingerprint density at radius 1 is 1.38 bits per heavy atom. The maximum absolute atomic E-state index is 8.59. The molecule has 0 aliphatic heterocycles. The van der Waals surface area contributed by atoms with Crippen LogP contribution in [0, 0.1) is 0 Å². The lowest BCUT2D eigenvalue weighted by Gasteiger charge is -1.97. The van der Waals surface area contributed by atoms with Gasteiger partial charge in [0.05, 0.1) is 0 Å². The third kappa shape index (κ3) is 3.43. The number of hydrogen-bond donors (Lipinski definition) is 1. The van der Waals surface area contributed by atoms with Crippen molar-refractivity contribution < 1.29 is 5.11 Å². The van der Waals surface area contributed by atoms with Crippen LogP contribution < -0.4 is 0 Å². The van der Waals surface area contributed by atoms with Crippen LogP contribution in [0.2, 0.25) is 0 Å². The summed E-state index contributed by atoms with van der Waals surface area (Å²) in [6.45, 7) is 2.38. The molecule has 1 aromatic carbocycles. The Bertz CT molecular complexity index is 276. The van der Waals surface area contributed by atoms with Gasteiger partial charge in [-0.05, 0) is 24.0 Å². The highest BCUT2D eigenvalue weighted by molar-refractivity contribution is 5.50. The average molecular weight is 176 g/mol. The van der Waals surface area contributed by atoms with E-state index in [1.165, 1.54) is 11.1 Å². The quantitative estimate of drug-likeness (QED) is 0.747. The lowest BCUT2D eigenvalue weighted by Crippen LogP contribution is -1.81. The molecule has 0 spiro atoms. The standard InChI is InChI=1S/C12H16O/c1-2-11-7-5-8-12(10-11)6-3-4-9-13/h3,5-8,10,13H,2,4,9H2,1H3. The maximum Gasteiger partial charge on any atom is 0.0465 e. The Kier molecular flexibility index (Phi) is 4.27. The minimum Gasteiger partial charge on any atom is -0.396 e. The monoisotopic (exact) mass is 176 g/mol. The van der Waals surface area contributed by atoms with Crippen molar-refractivity contribution in [3.8, 4) is 0 Å². The zero-order chi connectivity index (χ0) is 9.52. The molecular formula is C12H16O. The van der Waals surface area contributed by atoms with Crippen molar-refractivity contribution in [1.29, 1.82) is 0 Å². The van der Waals surface area contributed by atoms with Gasteiger partial charge in [-0.25, -0.2) is 0 Å². The van der Waals surface area contributed by atoms with E-state index >= 15 is 0 Å². The summed E-state index contributed by atoms with van der Waals surface area (Å²) in [5, 5.41) is 8.59. The van der Waals surface area contributed by atoms with Gasteiger partial charge in [0.1, 0.15) is 0 Å². The van der Waals surface area contributed by atoms with Gasteiger partial charge in [-0.1, -0.05) is 43.3 Å². The van der Waals surface area contributed by atoms with Crippen LogP contribution in [0.5, 0.6) is 0 Å². The average Bonchev–Trinajstić information content (AvgIpc) is 2.19. The lowest BCUT2D eigenvalue weighted by atomic mass is 10.1. The summed E-state index contributed by atoms with van der Waals surface area (Å²) < 4.78 is 0. The second kappa shape index (κ2) is 5.55. The molecule has 1 heteroatoms. The van der Waals surface area contributed by atoms with Gasteiger partial charge in [0.15, 0.2) is 0 Å². The van der Waals surface area contributed by atoms with Crippen molar-refractivity contribution in [3.05, 3.63) is 41.5 Å². The van der Waals surface area contributed by atoms with E-state index < -0.39 is 0 Å². The van der Waals surface area contributed by atoms with E-state index in [1.807, 2.05) is 6.08 Å². The van der Waals surface area contributed by atoms with Crippen LogP contribution in [-0.4, -0.2) is 11.7 Å². The van der Waals surface area contributed by atoms with Crippen LogP contribution in [0.15, 0.2) is 30.3 Å². The van der Waals surface area contributed by atoms with Gasteiger partial charge in [-0.15, -0.1) is 0 Å². The molecular weight excluding hydrogens is 160 g/mol. The van der Waals surface area contributed by atoms with Crippen LogP contribution in [0.1, 0.15) is 24.5 Å². The number of aryl methyl sites for hydroxylation is 1. The smallest absolute Gasteiger partial charge is 0.0465 e. The van der Waals surface area contributed by atoms with Gasteiger partial charge in [0.2, 0.25) is 0 Å². The molecule has 0 radical (unpaired) electrons. The summed E-state index contributed by atoms with van der Waals surface area (Å²) in [6, 6.07) is 8.45. The lowest BCUT2D eigenvalue weighted by molar-refractivity contribution is 0.303. The van der Waals surface area contributed by atoms with Gasteiger partial charge in [-0.3, -0.25) is 0 Å². The highest BCUT2D eigenvalue weighted by atomic mass is 16.2. The third-order valence-corrected chi connectivity index (χ3v) is 1.97. The molecule has 0 atom stereocenters. The molecule has 1 N–H and O–H groups in total. The predicted molar refractivity (Wildman–Crippen MR) is 56.6 cm³/mol. The first-order valence-corrected chi connectivity index (χ1v) is 4.73. The summed E-state index contributed by atoms with van der Waals surface area (Å²) in [4.78, 5) is 0. The van der Waals surface area contributed by atoms with Crippen molar-refractivity contribution in [1.82, 2.24) is 0 Å². The molecule has 0 saturated heterocycles. The molecule has 0 unspecified atom stereocenters. The first kappa shape index (κ1) is 10.0. The molecule has 0 bridgehead atoms. The summed E-state index contributed by atoms with van der Waals surface area (Å²) in [5.41, 5.74) is 2.57. The summed E-state index contributed by atoms with van der Waals surface area (Å²) in [6.07, 6.45) is 5.85. The number of rotatable bonds is 4. The first-order valence-electron chi connectivity index (χ1n) is 4.73. The molecule has 0 amide bonds. The normalized spacial score (nSPS) is 10.9. The molecule has 70 valence electrons. The SMILES string of the molecule is CCc1cccc(C=CCCO)c1. The van der Waals surface area contributed by atoms with Gasteiger partial charge in [-0.2, -0.15) is 0 Å². The van der Waals surface area contributed by atoms with E-state index in [9.17, 15) is 0 Å². The van der Waals surface area contributed by atoms with Crippen LogP contribution in [0.25, 0.3) is 6.08 Å². The number of benzene rings is 1. The second-order valence-electron chi connectivity index (χ2n) is 3.01. The van der Waals surface area contributed by atoms with Crippen molar-refractivity contribution >= 4 is 6.08 Å². The molecule has 1 nitrogen and oxygen atoms in total. The highest BCUT2D eigenvalue weighted by Gasteiger charge is 1.89. The molecule has 0 aromatic heterocycles. The van der Waals surface area contributed by atoms with Crippen LogP contribution in [-0.2, 0) is 6.42 Å². The zero-order valence-corrected chi connectivity index (χ0v) is 8.03. The van der Waals surface area contributed by atoms with Crippen LogP contribution in [0.3, 0.4) is 0 Å². The Morgan fingerprint density at radius 2 is 2.23 bits per heavy atom. The Hall–Kier alpha value is -1.08. The summed E-state index contributed by atoms with van der Waals surface area (Å²) >= 11 is 0. The van der Waals surface area contributed by atoms with E-state index in [0.29, 0.717) is 0 Å². The second-order valence-corrected chi connectivity index (χ2v) is 3.01. The minimum absolute atomic E-state index is 0.226. The fourth-order valence-electron chi connectivity index (χ4n) is 1.21.